The molecule has 1 atom stereocenters. The van der Waals surface area contributed by atoms with E-state index in [1.807, 2.05) is 42.5 Å². The molecule has 5 nitrogen and oxygen atoms in total. The molecule has 0 fully saturated rings. The maximum Gasteiger partial charge on any atom is 0.320 e. The van der Waals surface area contributed by atoms with Gasteiger partial charge in [0.2, 0.25) is 0 Å². The monoisotopic (exact) mass is 368 g/mol. The number of hydrogen-bond donors (Lipinski definition) is 0. The first-order chi connectivity index (χ1) is 13.0. The van der Waals surface area contributed by atoms with Crippen molar-refractivity contribution in [3.8, 4) is 5.75 Å². The van der Waals surface area contributed by atoms with E-state index in [4.69, 9.17) is 14.2 Å². The van der Waals surface area contributed by atoms with E-state index in [1.54, 1.807) is 19.2 Å². The Kier molecular flexibility index (Phi) is 7.17. The maximum absolute atomic E-state index is 12.4. The van der Waals surface area contributed by atoms with Gasteiger partial charge in [-0.1, -0.05) is 49.0 Å². The lowest BCUT2D eigenvalue weighted by molar-refractivity contribution is -0.159. The molecule has 27 heavy (non-hydrogen) atoms. The lowest BCUT2D eigenvalue weighted by Crippen LogP contribution is -2.32. The predicted molar refractivity (Wildman–Crippen MR) is 103 cm³/mol. The van der Waals surface area contributed by atoms with Crippen molar-refractivity contribution in [1.82, 2.24) is 0 Å². The maximum atomic E-state index is 12.4. The molecule has 0 amide bonds. The van der Waals surface area contributed by atoms with E-state index in [0.717, 1.165) is 16.7 Å². The fourth-order valence-corrected chi connectivity index (χ4v) is 3.02. The summed E-state index contributed by atoms with van der Waals surface area (Å²) in [4.78, 5) is 24.8. The van der Waals surface area contributed by atoms with E-state index < -0.39 is 23.8 Å². The van der Waals surface area contributed by atoms with Crippen LogP contribution in [-0.4, -0.2) is 33.3 Å². The van der Waals surface area contributed by atoms with Gasteiger partial charge < -0.3 is 14.2 Å². The Hall–Kier alpha value is -3.08. The first kappa shape index (κ1) is 20.2. The first-order valence-corrected chi connectivity index (χ1v) is 8.54. The summed E-state index contributed by atoms with van der Waals surface area (Å²) in [6.07, 6.45) is 0.394. The minimum Gasteiger partial charge on any atom is -0.497 e. The average molecular weight is 368 g/mol. The van der Waals surface area contributed by atoms with Gasteiger partial charge in [0, 0.05) is 5.92 Å². The van der Waals surface area contributed by atoms with Crippen LogP contribution in [-0.2, 0) is 19.1 Å². The van der Waals surface area contributed by atoms with E-state index in [2.05, 4.69) is 6.58 Å². The van der Waals surface area contributed by atoms with Gasteiger partial charge in [0.1, 0.15) is 5.75 Å². The highest BCUT2D eigenvalue weighted by atomic mass is 16.5. The van der Waals surface area contributed by atoms with Crippen molar-refractivity contribution < 1.29 is 23.8 Å². The summed E-state index contributed by atoms with van der Waals surface area (Å²) in [5.41, 5.74) is 2.56. The number of carbonyl (C=O) groups excluding carboxylic acids is 2. The predicted octanol–water partition coefficient (Wildman–Crippen LogP) is 3.84. The zero-order valence-electron chi connectivity index (χ0n) is 15.8. The molecule has 0 saturated carbocycles. The average Bonchev–Trinajstić information content (AvgIpc) is 2.73. The van der Waals surface area contributed by atoms with Crippen molar-refractivity contribution in [3.05, 3.63) is 72.3 Å². The van der Waals surface area contributed by atoms with Crippen molar-refractivity contribution >= 4 is 17.5 Å². The van der Waals surface area contributed by atoms with Crippen molar-refractivity contribution in [1.29, 1.82) is 0 Å². The van der Waals surface area contributed by atoms with Gasteiger partial charge in [-0.15, -0.1) is 0 Å². The SMILES string of the molecule is C=C(CC(c1ccc(OC)cc1)C(C(=O)OC)C(=O)OC)c1ccccc1. The van der Waals surface area contributed by atoms with E-state index in [9.17, 15) is 9.59 Å². The van der Waals surface area contributed by atoms with Crippen molar-refractivity contribution in [3.63, 3.8) is 0 Å². The number of allylic oxidation sites excluding steroid dienone is 1. The molecule has 0 bridgehead atoms. The van der Waals surface area contributed by atoms with Crippen LogP contribution in [0.3, 0.4) is 0 Å². The molecule has 0 saturated heterocycles. The van der Waals surface area contributed by atoms with E-state index in [1.165, 1.54) is 14.2 Å². The van der Waals surface area contributed by atoms with Crippen LogP contribution in [0.4, 0.5) is 0 Å². The zero-order valence-corrected chi connectivity index (χ0v) is 15.8. The Bertz CT molecular complexity index is 764. The molecule has 142 valence electrons. The molecule has 2 aromatic carbocycles. The fourth-order valence-electron chi connectivity index (χ4n) is 3.02. The van der Waals surface area contributed by atoms with E-state index in [-0.39, 0.29) is 0 Å². The molecular formula is C22H24O5. The van der Waals surface area contributed by atoms with Crippen LogP contribution in [0.25, 0.3) is 5.57 Å². The smallest absolute Gasteiger partial charge is 0.320 e. The normalized spacial score (nSPS) is 11.6. The fraction of sp³-hybridized carbons (Fsp3) is 0.273. The van der Waals surface area contributed by atoms with Crippen molar-refractivity contribution in [2.24, 2.45) is 5.92 Å². The third kappa shape index (κ3) is 4.97. The van der Waals surface area contributed by atoms with Crippen LogP contribution < -0.4 is 4.74 Å². The van der Waals surface area contributed by atoms with Gasteiger partial charge in [-0.3, -0.25) is 9.59 Å². The highest BCUT2D eigenvalue weighted by Crippen LogP contribution is 2.36. The van der Waals surface area contributed by atoms with Gasteiger partial charge in [0.15, 0.2) is 5.92 Å². The lowest BCUT2D eigenvalue weighted by Gasteiger charge is -2.25. The third-order valence-corrected chi connectivity index (χ3v) is 4.50. The molecule has 0 heterocycles. The Morgan fingerprint density at radius 3 is 1.93 bits per heavy atom. The van der Waals surface area contributed by atoms with Crippen molar-refractivity contribution in [2.45, 2.75) is 12.3 Å². The highest BCUT2D eigenvalue weighted by Gasteiger charge is 2.38. The Morgan fingerprint density at radius 2 is 1.44 bits per heavy atom. The van der Waals surface area contributed by atoms with Crippen LogP contribution >= 0.6 is 0 Å². The molecule has 0 spiro atoms. The second kappa shape index (κ2) is 9.57. The van der Waals surface area contributed by atoms with Gasteiger partial charge in [-0.05, 0) is 35.3 Å². The largest absolute Gasteiger partial charge is 0.497 e. The Morgan fingerprint density at radius 1 is 0.889 bits per heavy atom. The van der Waals surface area contributed by atoms with Gasteiger partial charge >= 0.3 is 11.9 Å². The number of ether oxygens (including phenoxy) is 3. The summed E-state index contributed by atoms with van der Waals surface area (Å²) in [5, 5.41) is 0. The molecule has 0 aliphatic carbocycles. The van der Waals surface area contributed by atoms with Gasteiger partial charge in [0.25, 0.3) is 0 Å². The second-order valence-electron chi connectivity index (χ2n) is 6.08. The van der Waals surface area contributed by atoms with Gasteiger partial charge in [0.05, 0.1) is 21.3 Å². The number of carbonyl (C=O) groups is 2. The molecule has 2 rings (SSSR count). The summed E-state index contributed by atoms with van der Waals surface area (Å²) in [7, 11) is 4.10. The molecule has 0 aliphatic rings. The molecule has 2 aromatic rings. The number of esters is 2. The highest BCUT2D eigenvalue weighted by molar-refractivity contribution is 5.96. The second-order valence-corrected chi connectivity index (χ2v) is 6.08. The summed E-state index contributed by atoms with van der Waals surface area (Å²) in [6, 6.07) is 16.9. The summed E-state index contributed by atoms with van der Waals surface area (Å²) in [5.74, 6) is -2.16. The van der Waals surface area contributed by atoms with Crippen LogP contribution in [0, 0.1) is 5.92 Å². The van der Waals surface area contributed by atoms with Crippen LogP contribution in [0.2, 0.25) is 0 Å². The number of rotatable bonds is 8. The molecule has 0 aromatic heterocycles. The molecule has 0 N–H and O–H groups in total. The molecule has 0 radical (unpaired) electrons. The van der Waals surface area contributed by atoms with Crippen LogP contribution in [0.1, 0.15) is 23.5 Å². The Labute approximate surface area is 159 Å². The number of methoxy groups -OCH3 is 3. The first-order valence-electron chi connectivity index (χ1n) is 8.54. The number of benzene rings is 2. The van der Waals surface area contributed by atoms with E-state index >= 15 is 0 Å². The molecule has 5 heteroatoms. The lowest BCUT2D eigenvalue weighted by atomic mass is 9.80. The molecule has 1 unspecified atom stereocenters. The van der Waals surface area contributed by atoms with E-state index in [0.29, 0.717) is 12.2 Å². The molecular weight excluding hydrogens is 344 g/mol. The number of hydrogen-bond acceptors (Lipinski definition) is 5. The third-order valence-electron chi connectivity index (χ3n) is 4.50. The quantitative estimate of drug-likeness (QED) is 0.523. The van der Waals surface area contributed by atoms with Crippen molar-refractivity contribution in [2.75, 3.05) is 21.3 Å². The van der Waals surface area contributed by atoms with Gasteiger partial charge in [-0.25, -0.2) is 0 Å². The van der Waals surface area contributed by atoms with Gasteiger partial charge in [-0.2, -0.15) is 0 Å². The van der Waals surface area contributed by atoms with Crippen LogP contribution in [0.15, 0.2) is 61.2 Å². The standard InChI is InChI=1S/C22H24O5/c1-15(16-8-6-5-7-9-16)14-19(17-10-12-18(25-2)13-11-17)20(21(23)26-3)22(24)27-4/h5-13,19-20H,1,14H2,2-4H3. The zero-order chi connectivity index (χ0) is 19.8. The summed E-state index contributed by atoms with van der Waals surface area (Å²) in [6.45, 7) is 4.15. The topological polar surface area (TPSA) is 61.8 Å². The summed E-state index contributed by atoms with van der Waals surface area (Å²) >= 11 is 0. The minimum atomic E-state index is -1.09. The van der Waals surface area contributed by atoms with Crippen LogP contribution in [0.5, 0.6) is 5.75 Å². The summed E-state index contributed by atoms with van der Waals surface area (Å²) < 4.78 is 14.9. The minimum absolute atomic E-state index is 0.394. The molecule has 0 aliphatic heterocycles. The Balaban J connectivity index is 2.43.